The summed E-state index contributed by atoms with van der Waals surface area (Å²) in [4.78, 5) is 0. The average molecular weight is 483 g/mol. The second-order valence-corrected chi connectivity index (χ2v) is 7.25. The van der Waals surface area contributed by atoms with Crippen LogP contribution in [-0.2, 0) is 10.1 Å². The largest absolute Gasteiger partial charge is 0.506 e. The van der Waals surface area contributed by atoms with Crippen LogP contribution < -0.4 is 5.32 Å². The molecular formula is C9H11I2NO4S. The van der Waals surface area contributed by atoms with Gasteiger partial charge in [-0.05, 0) is 63.7 Å². The van der Waals surface area contributed by atoms with E-state index in [4.69, 9.17) is 4.55 Å². The third-order valence-corrected chi connectivity index (χ3v) is 4.37. The Kier molecular flexibility index (Phi) is 5.73. The molecule has 0 spiro atoms. The van der Waals surface area contributed by atoms with Gasteiger partial charge in [0.2, 0.25) is 0 Å². The quantitative estimate of drug-likeness (QED) is 0.259. The van der Waals surface area contributed by atoms with Crippen molar-refractivity contribution in [3.05, 3.63) is 19.3 Å². The number of phenolic OH excluding ortho intramolecular Hbond substituents is 1. The maximum absolute atomic E-state index is 10.5. The van der Waals surface area contributed by atoms with Gasteiger partial charge in [0.25, 0.3) is 10.1 Å². The van der Waals surface area contributed by atoms with Crippen molar-refractivity contribution in [2.45, 2.75) is 6.42 Å². The fourth-order valence-corrected chi connectivity index (χ4v) is 3.43. The normalized spacial score (nSPS) is 11.5. The second-order valence-electron chi connectivity index (χ2n) is 3.35. The van der Waals surface area contributed by atoms with Gasteiger partial charge in [-0.3, -0.25) is 4.55 Å². The zero-order valence-corrected chi connectivity index (χ0v) is 13.8. The zero-order chi connectivity index (χ0) is 13.1. The fourth-order valence-electron chi connectivity index (χ4n) is 1.15. The van der Waals surface area contributed by atoms with E-state index in [-0.39, 0.29) is 11.5 Å². The van der Waals surface area contributed by atoms with E-state index in [9.17, 15) is 13.5 Å². The first-order valence-electron chi connectivity index (χ1n) is 4.66. The molecule has 17 heavy (non-hydrogen) atoms. The van der Waals surface area contributed by atoms with Crippen molar-refractivity contribution in [3.63, 3.8) is 0 Å². The van der Waals surface area contributed by atoms with Gasteiger partial charge >= 0.3 is 0 Å². The Hall–Kier alpha value is 0.190. The molecule has 8 heteroatoms. The monoisotopic (exact) mass is 483 g/mol. The smallest absolute Gasteiger partial charge is 0.264 e. The second kappa shape index (κ2) is 6.38. The van der Waals surface area contributed by atoms with Gasteiger partial charge in [0.1, 0.15) is 5.75 Å². The summed E-state index contributed by atoms with van der Waals surface area (Å²) in [5.41, 5.74) is 0.812. The molecule has 1 aromatic rings. The van der Waals surface area contributed by atoms with Crippen LogP contribution in [0.3, 0.4) is 0 Å². The zero-order valence-electron chi connectivity index (χ0n) is 8.65. The molecule has 0 heterocycles. The van der Waals surface area contributed by atoms with E-state index < -0.39 is 10.1 Å². The lowest BCUT2D eigenvalue weighted by Crippen LogP contribution is -2.10. The SMILES string of the molecule is O=S(=O)(O)CCCNc1cc(I)c(O)c(I)c1. The highest BCUT2D eigenvalue weighted by Gasteiger charge is 2.06. The van der Waals surface area contributed by atoms with Gasteiger partial charge in [0.15, 0.2) is 0 Å². The first-order valence-corrected chi connectivity index (χ1v) is 8.43. The van der Waals surface area contributed by atoms with Crippen LogP contribution in [0.4, 0.5) is 5.69 Å². The van der Waals surface area contributed by atoms with Crippen LogP contribution in [-0.4, -0.2) is 30.4 Å². The van der Waals surface area contributed by atoms with Crippen molar-refractivity contribution in [2.24, 2.45) is 0 Å². The lowest BCUT2D eigenvalue weighted by atomic mass is 10.3. The predicted molar refractivity (Wildman–Crippen MR) is 83.1 cm³/mol. The van der Waals surface area contributed by atoms with Crippen molar-refractivity contribution in [3.8, 4) is 5.75 Å². The average Bonchev–Trinajstić information content (AvgIpc) is 2.19. The number of nitrogens with one attached hydrogen (secondary N) is 1. The van der Waals surface area contributed by atoms with Crippen LogP contribution in [0.1, 0.15) is 6.42 Å². The number of hydrogen-bond donors (Lipinski definition) is 3. The number of rotatable bonds is 5. The number of anilines is 1. The number of phenols is 1. The third-order valence-electron chi connectivity index (χ3n) is 1.93. The number of aromatic hydroxyl groups is 1. The lowest BCUT2D eigenvalue weighted by Gasteiger charge is -2.08. The molecule has 0 unspecified atom stereocenters. The Morgan fingerprint density at radius 1 is 1.24 bits per heavy atom. The summed E-state index contributed by atoms with van der Waals surface area (Å²) in [6.45, 7) is 0.441. The van der Waals surface area contributed by atoms with Gasteiger partial charge in [-0.1, -0.05) is 0 Å². The predicted octanol–water partition coefficient (Wildman–Crippen LogP) is 2.29. The van der Waals surface area contributed by atoms with Gasteiger partial charge in [-0.2, -0.15) is 8.42 Å². The van der Waals surface area contributed by atoms with E-state index in [1.807, 2.05) is 45.2 Å². The van der Waals surface area contributed by atoms with Crippen molar-refractivity contribution in [2.75, 3.05) is 17.6 Å². The maximum atomic E-state index is 10.5. The molecule has 0 amide bonds. The van der Waals surface area contributed by atoms with E-state index in [0.717, 1.165) is 12.8 Å². The van der Waals surface area contributed by atoms with Gasteiger partial charge in [-0.15, -0.1) is 0 Å². The van der Waals surface area contributed by atoms with Crippen LogP contribution in [0.25, 0.3) is 0 Å². The molecule has 0 saturated carbocycles. The minimum absolute atomic E-state index is 0.245. The molecule has 1 aromatic carbocycles. The Bertz CT molecular complexity index is 481. The van der Waals surface area contributed by atoms with E-state index in [0.29, 0.717) is 13.0 Å². The molecule has 0 aliphatic rings. The molecule has 96 valence electrons. The van der Waals surface area contributed by atoms with E-state index >= 15 is 0 Å². The highest BCUT2D eigenvalue weighted by atomic mass is 127. The van der Waals surface area contributed by atoms with Crippen LogP contribution in [0.2, 0.25) is 0 Å². The summed E-state index contributed by atoms with van der Waals surface area (Å²) in [6.07, 6.45) is 0.326. The van der Waals surface area contributed by atoms with Crippen LogP contribution >= 0.6 is 45.2 Å². The highest BCUT2D eigenvalue weighted by Crippen LogP contribution is 2.29. The first-order chi connectivity index (χ1) is 7.79. The Balaban J connectivity index is 2.53. The van der Waals surface area contributed by atoms with Crippen LogP contribution in [0, 0.1) is 7.14 Å². The molecule has 5 nitrogen and oxygen atoms in total. The fraction of sp³-hybridized carbons (Fsp3) is 0.333. The van der Waals surface area contributed by atoms with Crippen LogP contribution in [0.15, 0.2) is 12.1 Å². The van der Waals surface area contributed by atoms with Crippen molar-refractivity contribution in [1.29, 1.82) is 0 Å². The van der Waals surface area contributed by atoms with Crippen molar-refractivity contribution < 1.29 is 18.1 Å². The van der Waals surface area contributed by atoms with Gasteiger partial charge in [-0.25, -0.2) is 0 Å². The molecular weight excluding hydrogens is 472 g/mol. The number of hydrogen-bond acceptors (Lipinski definition) is 4. The molecule has 0 radical (unpaired) electrons. The minimum atomic E-state index is -3.88. The minimum Gasteiger partial charge on any atom is -0.506 e. The Morgan fingerprint density at radius 2 is 1.76 bits per heavy atom. The Labute approximate surface area is 127 Å². The Morgan fingerprint density at radius 3 is 2.24 bits per heavy atom. The molecule has 0 bridgehead atoms. The van der Waals surface area contributed by atoms with E-state index in [2.05, 4.69) is 5.32 Å². The molecule has 3 N–H and O–H groups in total. The molecule has 0 aliphatic carbocycles. The summed E-state index contributed by atoms with van der Waals surface area (Å²) in [5.74, 6) is -0.0126. The standard InChI is InChI=1S/C9H11I2NO4S/c10-7-4-6(5-8(11)9(7)13)12-2-1-3-17(14,15)16/h4-5,12-13H,1-3H2,(H,14,15,16). The molecule has 1 rings (SSSR count). The molecule has 0 saturated heterocycles. The molecule has 0 aromatic heterocycles. The van der Waals surface area contributed by atoms with Crippen LogP contribution in [0.5, 0.6) is 5.75 Å². The summed E-state index contributed by atoms with van der Waals surface area (Å²) in [5, 5.41) is 12.6. The van der Waals surface area contributed by atoms with Gasteiger partial charge < -0.3 is 10.4 Å². The summed E-state index contributed by atoms with van der Waals surface area (Å²) < 4.78 is 31.0. The van der Waals surface area contributed by atoms with E-state index in [1.165, 1.54) is 0 Å². The van der Waals surface area contributed by atoms with Crippen molar-refractivity contribution >= 4 is 61.0 Å². The number of halogens is 2. The van der Waals surface area contributed by atoms with Gasteiger partial charge in [0.05, 0.1) is 12.9 Å². The molecule has 0 atom stereocenters. The number of benzene rings is 1. The molecule has 0 aliphatic heterocycles. The topological polar surface area (TPSA) is 86.6 Å². The first kappa shape index (κ1) is 15.2. The third kappa shape index (κ3) is 5.57. The van der Waals surface area contributed by atoms with Crippen molar-refractivity contribution in [1.82, 2.24) is 0 Å². The maximum Gasteiger partial charge on any atom is 0.264 e. The van der Waals surface area contributed by atoms with Gasteiger partial charge in [0, 0.05) is 12.2 Å². The molecule has 0 fully saturated rings. The lowest BCUT2D eigenvalue weighted by molar-refractivity contribution is 0.467. The summed E-state index contributed by atoms with van der Waals surface area (Å²) in [6, 6.07) is 3.54. The summed E-state index contributed by atoms with van der Waals surface area (Å²) >= 11 is 4.04. The highest BCUT2D eigenvalue weighted by molar-refractivity contribution is 14.1. The summed E-state index contributed by atoms with van der Waals surface area (Å²) in [7, 11) is -3.88. The van der Waals surface area contributed by atoms with E-state index in [1.54, 1.807) is 12.1 Å².